The third-order valence-corrected chi connectivity index (χ3v) is 4.03. The van der Waals surface area contributed by atoms with Crippen molar-refractivity contribution < 1.29 is 19.0 Å². The molecule has 8 nitrogen and oxygen atoms in total. The van der Waals surface area contributed by atoms with E-state index in [1.54, 1.807) is 24.3 Å². The number of rotatable bonds is 5. The molecule has 0 fully saturated rings. The molecule has 0 aliphatic carbocycles. The zero-order valence-corrected chi connectivity index (χ0v) is 15.8. The minimum atomic E-state index is -0.200. The summed E-state index contributed by atoms with van der Waals surface area (Å²) in [5.41, 5.74) is 4.55. The van der Waals surface area contributed by atoms with Crippen molar-refractivity contribution in [1.29, 1.82) is 0 Å². The standard InChI is InChI=1S/C18H18N4O4S/c1-24-13-8-10(9-14(25-2)16(13)26-3)19-18(27)22-21-17-15(23)11-6-4-5-7-12(11)20-17/h4-9H,1-3H3,(H2,19,22,27)(H,20,21,23). The number of nitrogens with one attached hydrogen (secondary N) is 3. The molecule has 3 rings (SSSR count). The van der Waals surface area contributed by atoms with Gasteiger partial charge in [0.05, 0.1) is 27.0 Å². The van der Waals surface area contributed by atoms with Gasteiger partial charge in [0.15, 0.2) is 22.4 Å². The summed E-state index contributed by atoms with van der Waals surface area (Å²) < 4.78 is 15.9. The summed E-state index contributed by atoms with van der Waals surface area (Å²) in [5, 5.41) is 10.2. The third-order valence-electron chi connectivity index (χ3n) is 3.83. The number of benzene rings is 2. The topological polar surface area (TPSA) is 93.2 Å². The predicted octanol–water partition coefficient (Wildman–Crippen LogP) is 2.62. The molecule has 0 bridgehead atoms. The van der Waals surface area contributed by atoms with Gasteiger partial charge >= 0.3 is 0 Å². The van der Waals surface area contributed by atoms with E-state index in [1.165, 1.54) is 21.3 Å². The number of para-hydroxylation sites is 1. The van der Waals surface area contributed by atoms with Crippen molar-refractivity contribution in [2.45, 2.75) is 0 Å². The quantitative estimate of drug-likeness (QED) is 0.533. The summed E-state index contributed by atoms with van der Waals surface area (Å²) in [4.78, 5) is 12.3. The second-order valence-corrected chi connectivity index (χ2v) is 5.85. The van der Waals surface area contributed by atoms with Gasteiger partial charge in [0.1, 0.15) is 0 Å². The number of hydrazone groups is 1. The number of amidine groups is 1. The fourth-order valence-corrected chi connectivity index (χ4v) is 2.76. The second-order valence-electron chi connectivity index (χ2n) is 5.44. The number of ether oxygens (including phenoxy) is 3. The fourth-order valence-electron chi connectivity index (χ4n) is 2.60. The van der Waals surface area contributed by atoms with E-state index in [2.05, 4.69) is 21.2 Å². The number of Topliss-reactive ketones (excluding diaryl/α,β-unsaturated/α-hetero) is 1. The van der Waals surface area contributed by atoms with Crippen LogP contribution in [-0.2, 0) is 0 Å². The molecule has 1 heterocycles. The Kier molecular flexibility index (Phi) is 5.41. The molecule has 0 unspecified atom stereocenters. The molecule has 0 atom stereocenters. The molecule has 0 saturated carbocycles. The first kappa shape index (κ1) is 18.5. The lowest BCUT2D eigenvalue weighted by atomic mass is 10.1. The normalized spacial score (nSPS) is 13.6. The first-order chi connectivity index (χ1) is 13.1. The minimum Gasteiger partial charge on any atom is -0.493 e. The Balaban J connectivity index is 1.71. The molecule has 2 aromatic rings. The molecule has 140 valence electrons. The predicted molar refractivity (Wildman–Crippen MR) is 107 cm³/mol. The van der Waals surface area contributed by atoms with Crippen molar-refractivity contribution in [3.8, 4) is 17.2 Å². The number of nitrogens with zero attached hydrogens (tertiary/aromatic N) is 1. The Morgan fingerprint density at radius 3 is 2.33 bits per heavy atom. The van der Waals surface area contributed by atoms with Crippen molar-refractivity contribution in [2.24, 2.45) is 5.10 Å². The molecule has 27 heavy (non-hydrogen) atoms. The van der Waals surface area contributed by atoms with Crippen LogP contribution >= 0.6 is 12.2 Å². The smallest absolute Gasteiger partial charge is 0.232 e. The molecule has 0 aromatic heterocycles. The highest BCUT2D eigenvalue weighted by Crippen LogP contribution is 2.39. The van der Waals surface area contributed by atoms with Crippen molar-refractivity contribution in [3.05, 3.63) is 42.0 Å². The van der Waals surface area contributed by atoms with Crippen molar-refractivity contribution in [3.63, 3.8) is 0 Å². The number of hydrogen-bond acceptors (Lipinski definition) is 6. The van der Waals surface area contributed by atoms with E-state index in [4.69, 9.17) is 26.4 Å². The van der Waals surface area contributed by atoms with Crippen LogP contribution < -0.4 is 30.3 Å². The summed E-state index contributed by atoms with van der Waals surface area (Å²) in [6.07, 6.45) is 0. The maximum absolute atomic E-state index is 12.3. The highest BCUT2D eigenvalue weighted by atomic mass is 32.1. The van der Waals surface area contributed by atoms with Gasteiger partial charge in [-0.1, -0.05) is 12.1 Å². The van der Waals surface area contributed by atoms with Gasteiger partial charge in [0.2, 0.25) is 11.5 Å². The highest BCUT2D eigenvalue weighted by Gasteiger charge is 2.25. The van der Waals surface area contributed by atoms with Gasteiger partial charge in [-0.3, -0.25) is 10.2 Å². The molecular weight excluding hydrogens is 368 g/mol. The van der Waals surface area contributed by atoms with E-state index in [1.807, 2.05) is 12.1 Å². The average Bonchev–Trinajstić information content (AvgIpc) is 3.01. The van der Waals surface area contributed by atoms with Crippen LogP contribution in [0.4, 0.5) is 11.4 Å². The molecule has 9 heteroatoms. The first-order valence-corrected chi connectivity index (χ1v) is 8.33. The monoisotopic (exact) mass is 386 g/mol. The van der Waals surface area contributed by atoms with Gasteiger partial charge in [-0.25, -0.2) is 0 Å². The summed E-state index contributed by atoms with van der Waals surface area (Å²) in [5.74, 6) is 1.41. The van der Waals surface area contributed by atoms with Gasteiger partial charge in [-0.15, -0.1) is 0 Å². The number of methoxy groups -OCH3 is 3. The average molecular weight is 386 g/mol. The van der Waals surface area contributed by atoms with Crippen LogP contribution in [0.15, 0.2) is 41.5 Å². The van der Waals surface area contributed by atoms with Gasteiger partial charge < -0.3 is 24.8 Å². The van der Waals surface area contributed by atoms with Crippen LogP contribution in [0.5, 0.6) is 17.2 Å². The maximum atomic E-state index is 12.3. The Hall–Kier alpha value is -3.33. The highest BCUT2D eigenvalue weighted by molar-refractivity contribution is 7.80. The summed E-state index contributed by atoms with van der Waals surface area (Å²) in [6.45, 7) is 0. The number of carbonyl (C=O) groups is 1. The van der Waals surface area contributed by atoms with Crippen LogP contribution in [0.25, 0.3) is 0 Å². The van der Waals surface area contributed by atoms with E-state index < -0.39 is 0 Å². The van der Waals surface area contributed by atoms with Crippen molar-refractivity contribution >= 4 is 40.3 Å². The second kappa shape index (κ2) is 7.92. The molecule has 3 N–H and O–H groups in total. The summed E-state index contributed by atoms with van der Waals surface area (Å²) in [6, 6.07) is 10.6. The Bertz CT molecular complexity index is 904. The lowest BCUT2D eigenvalue weighted by Gasteiger charge is -2.15. The number of thiocarbonyl (C=S) groups is 1. The SMILES string of the molecule is COc1cc(NC(=S)NN=C2Nc3ccccc3C2=O)cc(OC)c1OC. The zero-order chi connectivity index (χ0) is 19.4. The summed E-state index contributed by atoms with van der Waals surface area (Å²) >= 11 is 5.23. The van der Waals surface area contributed by atoms with E-state index >= 15 is 0 Å². The number of carbonyl (C=O) groups excluding carboxylic acids is 1. The third kappa shape index (κ3) is 3.77. The van der Waals surface area contributed by atoms with Crippen LogP contribution in [0.2, 0.25) is 0 Å². The van der Waals surface area contributed by atoms with Crippen molar-refractivity contribution in [2.75, 3.05) is 32.0 Å². The minimum absolute atomic E-state index is 0.172. The Morgan fingerprint density at radius 1 is 1.07 bits per heavy atom. The number of anilines is 2. The summed E-state index contributed by atoms with van der Waals surface area (Å²) in [7, 11) is 4.58. The molecule has 0 radical (unpaired) electrons. The van der Waals surface area contributed by atoms with Crippen molar-refractivity contribution in [1.82, 2.24) is 5.43 Å². The molecule has 1 aliphatic heterocycles. The fraction of sp³-hybridized carbons (Fsp3) is 0.167. The van der Waals surface area contributed by atoms with Crippen LogP contribution in [-0.4, -0.2) is 38.1 Å². The van der Waals surface area contributed by atoms with Gasteiger partial charge in [0, 0.05) is 23.4 Å². The van der Waals surface area contributed by atoms with E-state index in [0.717, 1.165) is 0 Å². The van der Waals surface area contributed by atoms with E-state index in [9.17, 15) is 4.79 Å². The van der Waals surface area contributed by atoms with E-state index in [0.29, 0.717) is 34.2 Å². The lowest BCUT2D eigenvalue weighted by Crippen LogP contribution is -2.28. The number of ketones is 1. The molecule has 0 saturated heterocycles. The number of fused-ring (bicyclic) bond motifs is 1. The van der Waals surface area contributed by atoms with Gasteiger partial charge in [-0.05, 0) is 24.4 Å². The first-order valence-electron chi connectivity index (χ1n) is 7.92. The lowest BCUT2D eigenvalue weighted by molar-refractivity contribution is 0.106. The Morgan fingerprint density at radius 2 is 1.74 bits per heavy atom. The van der Waals surface area contributed by atoms with Gasteiger partial charge in [0.25, 0.3) is 0 Å². The molecule has 1 aliphatic rings. The zero-order valence-electron chi connectivity index (χ0n) is 15.0. The number of hydrogen-bond donors (Lipinski definition) is 3. The molecule has 0 spiro atoms. The molecule has 2 aromatic carbocycles. The van der Waals surface area contributed by atoms with Gasteiger partial charge in [-0.2, -0.15) is 5.10 Å². The van der Waals surface area contributed by atoms with Crippen LogP contribution in [0.1, 0.15) is 10.4 Å². The maximum Gasteiger partial charge on any atom is 0.232 e. The Labute approximate surface area is 161 Å². The van der Waals surface area contributed by atoms with Crippen LogP contribution in [0, 0.1) is 0 Å². The van der Waals surface area contributed by atoms with E-state index in [-0.39, 0.29) is 16.7 Å². The van der Waals surface area contributed by atoms with Crippen LogP contribution in [0.3, 0.4) is 0 Å². The largest absolute Gasteiger partial charge is 0.493 e. The molecule has 0 amide bonds. The molecular formula is C18H18N4O4S.